The van der Waals surface area contributed by atoms with Crippen molar-refractivity contribution in [1.29, 1.82) is 0 Å². The zero-order valence-electron chi connectivity index (χ0n) is 11.6. The summed E-state index contributed by atoms with van der Waals surface area (Å²) in [5, 5.41) is -0.933. The molecule has 0 spiro atoms. The summed E-state index contributed by atoms with van der Waals surface area (Å²) >= 11 is 8.45. The van der Waals surface area contributed by atoms with Crippen LogP contribution in [0.2, 0.25) is 0 Å². The number of hydrogen-bond acceptors (Lipinski definition) is 4. The van der Waals surface area contributed by atoms with E-state index < -0.39 is 5.24 Å². The molecule has 0 aliphatic rings. The molecule has 0 aromatic rings. The molecule has 2 N–H and O–H groups in total. The number of rotatable bonds is 8. The van der Waals surface area contributed by atoms with E-state index in [9.17, 15) is 4.79 Å². The number of carbonyl (C=O) groups is 2. The molecule has 0 fully saturated rings. The van der Waals surface area contributed by atoms with E-state index in [2.05, 4.69) is 44.8 Å². The molecule has 1 radical (unpaired) electrons. The van der Waals surface area contributed by atoms with Gasteiger partial charge < -0.3 is 45.5 Å². The summed E-state index contributed by atoms with van der Waals surface area (Å²) in [6.07, 6.45) is 6.93. The quantitative estimate of drug-likeness (QED) is 0.413. The molecular formula is C12H24CuN2O2S2. The number of nitrogens with two attached hydrogens (primary N) is 1. The molecule has 0 bridgehead atoms. The van der Waals surface area contributed by atoms with Gasteiger partial charge in [-0.2, -0.15) is 0 Å². The number of amides is 2. The first-order chi connectivity index (χ1) is 8.45. The van der Waals surface area contributed by atoms with E-state index in [0.717, 1.165) is 25.9 Å². The molecule has 0 aromatic carbocycles. The molecular weight excluding hydrogens is 332 g/mol. The molecule has 0 aliphatic carbocycles. The summed E-state index contributed by atoms with van der Waals surface area (Å²) in [5.74, 6) is 0. The minimum atomic E-state index is -0.750. The summed E-state index contributed by atoms with van der Waals surface area (Å²) in [6.45, 7) is 6.02. The van der Waals surface area contributed by atoms with E-state index in [0.29, 0.717) is 0 Å². The normalized spacial score (nSPS) is 8.74. The molecule has 2 amide bonds. The van der Waals surface area contributed by atoms with Gasteiger partial charge in [-0.3, -0.25) is 0 Å². The first-order valence-electron chi connectivity index (χ1n) is 6.38. The monoisotopic (exact) mass is 355 g/mol. The molecule has 0 saturated carbocycles. The fourth-order valence-corrected chi connectivity index (χ4v) is 1.58. The molecule has 0 saturated heterocycles. The molecule has 19 heavy (non-hydrogen) atoms. The van der Waals surface area contributed by atoms with Gasteiger partial charge in [-0.1, -0.05) is 39.5 Å². The predicted molar refractivity (Wildman–Crippen MR) is 80.3 cm³/mol. The van der Waals surface area contributed by atoms with E-state index >= 15 is 0 Å². The summed E-state index contributed by atoms with van der Waals surface area (Å²) in [4.78, 5) is 21.9. The number of carbonyl (C=O) groups excluding carboxylic acids is 2. The Morgan fingerprint density at radius 2 is 1.26 bits per heavy atom. The Kier molecular flexibility index (Phi) is 22.6. The van der Waals surface area contributed by atoms with E-state index in [1.54, 1.807) is 4.90 Å². The van der Waals surface area contributed by atoms with E-state index in [-0.39, 0.29) is 22.3 Å². The second-order valence-corrected chi connectivity index (χ2v) is 4.74. The summed E-state index contributed by atoms with van der Waals surface area (Å²) in [6, 6.07) is 0. The van der Waals surface area contributed by atoms with Crippen molar-refractivity contribution in [3.8, 4) is 0 Å². The summed E-state index contributed by atoms with van der Waals surface area (Å²) in [5.41, 5.74) is 4.29. The van der Waals surface area contributed by atoms with Crippen LogP contribution in [0.5, 0.6) is 0 Å². The van der Waals surface area contributed by atoms with Gasteiger partial charge in [-0.05, 0) is 12.8 Å². The second kappa shape index (κ2) is 17.9. The summed E-state index contributed by atoms with van der Waals surface area (Å²) < 4.78 is 0. The van der Waals surface area contributed by atoms with Gasteiger partial charge in [0, 0.05) is 13.1 Å². The Labute approximate surface area is 138 Å². The third-order valence-electron chi connectivity index (χ3n) is 2.32. The number of nitrogens with zero attached hydrogens (tertiary/aromatic N) is 1. The maximum Gasteiger partial charge on any atom is 2.00 e. The summed E-state index contributed by atoms with van der Waals surface area (Å²) in [7, 11) is 0. The van der Waals surface area contributed by atoms with Crippen molar-refractivity contribution in [2.75, 3.05) is 13.1 Å². The largest absolute Gasteiger partial charge is 2.00 e. The van der Waals surface area contributed by atoms with Gasteiger partial charge in [0.1, 0.15) is 5.24 Å². The van der Waals surface area contributed by atoms with Gasteiger partial charge in [0.15, 0.2) is 0 Å². The molecule has 117 valence electrons. The third-order valence-corrected chi connectivity index (χ3v) is 2.58. The Morgan fingerprint density at radius 3 is 1.47 bits per heavy atom. The topological polar surface area (TPSA) is 63.4 Å². The van der Waals surface area contributed by atoms with Crippen LogP contribution in [-0.2, 0) is 42.3 Å². The van der Waals surface area contributed by atoms with Crippen LogP contribution >= 0.6 is 0 Å². The van der Waals surface area contributed by atoms with Crippen molar-refractivity contribution in [2.45, 2.75) is 52.4 Å². The fourth-order valence-electron chi connectivity index (χ4n) is 1.40. The van der Waals surface area contributed by atoms with Crippen LogP contribution in [0.1, 0.15) is 52.4 Å². The molecule has 0 unspecified atom stereocenters. The van der Waals surface area contributed by atoms with Crippen molar-refractivity contribution in [3.05, 3.63) is 0 Å². The van der Waals surface area contributed by atoms with Crippen LogP contribution in [-0.4, -0.2) is 28.5 Å². The molecule has 0 rings (SSSR count). The van der Waals surface area contributed by atoms with Crippen molar-refractivity contribution >= 4 is 35.7 Å². The van der Waals surface area contributed by atoms with Crippen molar-refractivity contribution in [3.63, 3.8) is 0 Å². The molecule has 0 atom stereocenters. The van der Waals surface area contributed by atoms with E-state index in [4.69, 9.17) is 4.79 Å². The van der Waals surface area contributed by atoms with E-state index in [1.807, 2.05) is 0 Å². The number of primary amides is 1. The molecule has 0 aromatic heterocycles. The molecule has 7 heteroatoms. The Bertz CT molecular complexity index is 218. The van der Waals surface area contributed by atoms with Gasteiger partial charge in [-0.25, -0.2) is 0 Å². The van der Waals surface area contributed by atoms with Crippen LogP contribution in [0, 0.1) is 0 Å². The van der Waals surface area contributed by atoms with Crippen molar-refractivity contribution < 1.29 is 26.7 Å². The van der Waals surface area contributed by atoms with Gasteiger partial charge in [0.2, 0.25) is 0 Å². The zero-order valence-corrected chi connectivity index (χ0v) is 14.2. The average Bonchev–Trinajstić information content (AvgIpc) is 2.26. The van der Waals surface area contributed by atoms with Crippen molar-refractivity contribution in [2.24, 2.45) is 5.73 Å². The van der Waals surface area contributed by atoms with Crippen LogP contribution in [0.3, 0.4) is 0 Å². The standard InChI is InChI=1S/C11H23NOS.CH3NOS.Cu/c1-3-5-7-9-12(11(13)14)10-8-6-4-2;2-1(3)4;/h3-10H2,1-2H3,(H,13,14);(H3,2,3,4);/q;;+2/p-2. The first kappa shape index (κ1) is 24.0. The molecule has 0 aliphatic heterocycles. The Morgan fingerprint density at radius 1 is 0.947 bits per heavy atom. The van der Waals surface area contributed by atoms with Gasteiger partial charge in [-0.15, -0.1) is 0 Å². The fraction of sp³-hybridized carbons (Fsp3) is 0.833. The maximum absolute atomic E-state index is 11.1. The average molecular weight is 356 g/mol. The van der Waals surface area contributed by atoms with Gasteiger partial charge in [0.05, 0.1) is 5.24 Å². The Balaban J connectivity index is -0.000000448. The van der Waals surface area contributed by atoms with Crippen LogP contribution < -0.4 is 5.73 Å². The zero-order chi connectivity index (χ0) is 14.4. The Hall–Kier alpha value is -0.101. The van der Waals surface area contributed by atoms with Crippen LogP contribution in [0.15, 0.2) is 0 Å². The molecule has 4 nitrogen and oxygen atoms in total. The number of hydrogen-bond donors (Lipinski definition) is 1. The third kappa shape index (κ3) is 23.4. The minimum absolute atomic E-state index is 0. The van der Waals surface area contributed by atoms with Gasteiger partial charge >= 0.3 is 17.1 Å². The van der Waals surface area contributed by atoms with Crippen molar-refractivity contribution in [1.82, 2.24) is 4.90 Å². The van der Waals surface area contributed by atoms with Crippen LogP contribution in [0.25, 0.3) is 0 Å². The van der Waals surface area contributed by atoms with Gasteiger partial charge in [0.25, 0.3) is 0 Å². The SMILES string of the molecule is CCCCCN(CCCCC)C(=O)[S-].NC(=O)[S-].[Cu+2]. The second-order valence-electron chi connectivity index (χ2n) is 3.99. The van der Waals surface area contributed by atoms with E-state index in [1.165, 1.54) is 25.7 Å². The molecule has 0 heterocycles. The number of unbranched alkanes of at least 4 members (excludes halogenated alkanes) is 4. The van der Waals surface area contributed by atoms with Crippen LogP contribution in [0.4, 0.5) is 9.59 Å². The maximum atomic E-state index is 11.1. The first-order valence-corrected chi connectivity index (χ1v) is 7.19. The predicted octanol–water partition coefficient (Wildman–Crippen LogP) is 2.95. The smallest absolute Gasteiger partial charge is 0.719 e. The minimum Gasteiger partial charge on any atom is -0.719 e.